The summed E-state index contributed by atoms with van der Waals surface area (Å²) < 4.78 is 0. The highest BCUT2D eigenvalue weighted by Gasteiger charge is 2.05. The molecule has 0 aliphatic heterocycles. The fraction of sp³-hybridized carbons (Fsp3) is 0.579. The topological polar surface area (TPSA) is 43.8 Å². The lowest BCUT2D eigenvalue weighted by Crippen LogP contribution is -2.39. The van der Waals surface area contributed by atoms with Crippen molar-refractivity contribution in [3.05, 3.63) is 36.5 Å². The molecule has 0 fully saturated rings. The summed E-state index contributed by atoms with van der Waals surface area (Å²) >= 11 is 0. The predicted molar refractivity (Wildman–Crippen MR) is 120 cm³/mol. The largest absolute Gasteiger partial charge is 0.363 e. The maximum absolute atomic E-state index is 4.77. The second-order valence-electron chi connectivity index (χ2n) is 6.15. The van der Waals surface area contributed by atoms with Gasteiger partial charge >= 0.3 is 0 Å². The number of hydrogen-bond acceptors (Lipinski definition) is 3. The minimum absolute atomic E-state index is 0. The minimum atomic E-state index is 0. The molecule has 1 N–H and O–H groups in total. The molecule has 1 heterocycles. The quantitative estimate of drug-likeness (QED) is 0.190. The number of aromatic nitrogens is 1. The maximum atomic E-state index is 4.77. The highest BCUT2D eigenvalue weighted by Crippen LogP contribution is 2.10. The fourth-order valence-corrected chi connectivity index (χ4v) is 2.36. The molecular formula is C19H34IN5. The molecule has 5 nitrogen and oxygen atoms in total. The van der Waals surface area contributed by atoms with Crippen LogP contribution in [-0.4, -0.2) is 50.1 Å². The van der Waals surface area contributed by atoms with Crippen molar-refractivity contribution in [3.8, 4) is 0 Å². The van der Waals surface area contributed by atoms with Gasteiger partial charge in [-0.3, -0.25) is 0 Å². The number of unbranched alkanes of at least 4 members (excludes halogenated alkanes) is 3. The summed E-state index contributed by atoms with van der Waals surface area (Å²) in [5, 5.41) is 3.38. The van der Waals surface area contributed by atoms with Crippen molar-refractivity contribution in [1.82, 2.24) is 15.2 Å². The molecule has 0 spiro atoms. The Morgan fingerprint density at radius 1 is 1.28 bits per heavy atom. The van der Waals surface area contributed by atoms with Crippen LogP contribution in [0.15, 0.2) is 36.0 Å². The number of guanidine groups is 1. The highest BCUT2D eigenvalue weighted by molar-refractivity contribution is 14.0. The number of nitrogens with zero attached hydrogens (tertiary/aromatic N) is 4. The van der Waals surface area contributed by atoms with Gasteiger partial charge in [0.15, 0.2) is 5.96 Å². The van der Waals surface area contributed by atoms with E-state index in [0.717, 1.165) is 31.3 Å². The van der Waals surface area contributed by atoms with Gasteiger partial charge in [-0.05, 0) is 43.9 Å². The normalized spacial score (nSPS) is 10.8. The van der Waals surface area contributed by atoms with Gasteiger partial charge in [-0.25, -0.2) is 9.98 Å². The van der Waals surface area contributed by atoms with E-state index in [2.05, 4.69) is 41.8 Å². The van der Waals surface area contributed by atoms with Crippen molar-refractivity contribution >= 4 is 35.8 Å². The number of hydrogen-bond donors (Lipinski definition) is 1. The van der Waals surface area contributed by atoms with Crippen LogP contribution in [0.4, 0.5) is 5.82 Å². The Bertz CT molecular complexity index is 516. The van der Waals surface area contributed by atoms with E-state index >= 15 is 0 Å². The molecule has 0 unspecified atom stereocenters. The lowest BCUT2D eigenvalue weighted by atomic mass is 10.2. The third-order valence-corrected chi connectivity index (χ3v) is 3.78. The van der Waals surface area contributed by atoms with Gasteiger partial charge in [0.25, 0.3) is 0 Å². The van der Waals surface area contributed by atoms with Crippen molar-refractivity contribution in [2.24, 2.45) is 4.99 Å². The summed E-state index contributed by atoms with van der Waals surface area (Å²) in [5.74, 6) is 1.92. The van der Waals surface area contributed by atoms with E-state index in [1.165, 1.54) is 24.8 Å². The van der Waals surface area contributed by atoms with Crippen LogP contribution in [0.25, 0.3) is 0 Å². The smallest absolute Gasteiger partial charge is 0.193 e. The molecule has 0 aliphatic carbocycles. The first-order valence-corrected chi connectivity index (χ1v) is 8.81. The molecular weight excluding hydrogens is 425 g/mol. The zero-order valence-electron chi connectivity index (χ0n) is 16.2. The molecule has 6 heteroatoms. The first kappa shape index (κ1) is 23.7. The van der Waals surface area contributed by atoms with Crippen molar-refractivity contribution in [2.45, 2.75) is 39.2 Å². The third kappa shape index (κ3) is 9.67. The molecule has 1 aromatic rings. The van der Waals surface area contributed by atoms with Gasteiger partial charge in [0, 0.05) is 40.4 Å². The van der Waals surface area contributed by atoms with Gasteiger partial charge in [-0.2, -0.15) is 0 Å². The minimum Gasteiger partial charge on any atom is -0.363 e. The number of halogens is 1. The van der Waals surface area contributed by atoms with E-state index < -0.39 is 0 Å². The van der Waals surface area contributed by atoms with E-state index in [1.54, 1.807) is 0 Å². The Balaban J connectivity index is 0.00000576. The van der Waals surface area contributed by atoms with Crippen molar-refractivity contribution in [3.63, 3.8) is 0 Å². The predicted octanol–water partition coefficient (Wildman–Crippen LogP) is 3.91. The van der Waals surface area contributed by atoms with Crippen LogP contribution in [0, 0.1) is 0 Å². The van der Waals surface area contributed by atoms with Crippen LogP contribution in [0.1, 0.15) is 38.2 Å². The van der Waals surface area contributed by atoms with Gasteiger partial charge in [0.05, 0.1) is 6.54 Å². The average Bonchev–Trinajstić information content (AvgIpc) is 2.58. The van der Waals surface area contributed by atoms with Gasteiger partial charge in [0.1, 0.15) is 5.82 Å². The van der Waals surface area contributed by atoms with Crippen LogP contribution in [0.3, 0.4) is 0 Å². The van der Waals surface area contributed by atoms with Crippen LogP contribution < -0.4 is 10.2 Å². The van der Waals surface area contributed by atoms with Gasteiger partial charge < -0.3 is 15.1 Å². The second kappa shape index (κ2) is 13.9. The van der Waals surface area contributed by atoms with Gasteiger partial charge in [0.2, 0.25) is 0 Å². The molecule has 0 aromatic carbocycles. The van der Waals surface area contributed by atoms with E-state index in [-0.39, 0.29) is 24.0 Å². The third-order valence-electron chi connectivity index (χ3n) is 3.78. The molecule has 0 aliphatic rings. The Kier molecular flexibility index (Phi) is 13.2. The molecule has 0 saturated carbocycles. The number of aliphatic imine (C=N–C) groups is 1. The Labute approximate surface area is 170 Å². The Morgan fingerprint density at radius 2 is 2.04 bits per heavy atom. The van der Waals surface area contributed by atoms with E-state index in [4.69, 9.17) is 4.99 Å². The molecule has 0 atom stereocenters. The molecule has 142 valence electrons. The number of nitrogens with one attached hydrogen (secondary N) is 1. The average molecular weight is 459 g/mol. The highest BCUT2D eigenvalue weighted by atomic mass is 127. The summed E-state index contributed by atoms with van der Waals surface area (Å²) in [5.41, 5.74) is 1.17. The molecule has 0 saturated heterocycles. The first-order valence-electron chi connectivity index (χ1n) is 8.81. The van der Waals surface area contributed by atoms with Crippen LogP contribution in [0.5, 0.6) is 0 Å². The van der Waals surface area contributed by atoms with Crippen molar-refractivity contribution < 1.29 is 0 Å². The van der Waals surface area contributed by atoms with E-state index in [1.807, 2.05) is 37.3 Å². The summed E-state index contributed by atoms with van der Waals surface area (Å²) in [6.45, 7) is 8.42. The number of rotatable bonds is 10. The fourth-order valence-electron chi connectivity index (χ4n) is 2.36. The molecule has 25 heavy (non-hydrogen) atoms. The lowest BCUT2D eigenvalue weighted by molar-refractivity contribution is 0.455. The van der Waals surface area contributed by atoms with Crippen molar-refractivity contribution in [2.75, 3.05) is 39.1 Å². The summed E-state index contributed by atoms with van der Waals surface area (Å²) in [6.07, 6.45) is 8.56. The standard InChI is InChI=1S/C19H33N5.HI/c1-6-8-9-10-11-14-24(5)19(20-7-2)22-16-17-12-13-21-18(15-17)23(3)4;/h6,12-13,15H,1,7-11,14,16H2,2-5H3,(H,20,22);1H. The van der Waals surface area contributed by atoms with Crippen LogP contribution in [-0.2, 0) is 6.54 Å². The summed E-state index contributed by atoms with van der Waals surface area (Å²) in [4.78, 5) is 13.3. The summed E-state index contributed by atoms with van der Waals surface area (Å²) in [7, 11) is 6.10. The monoisotopic (exact) mass is 459 g/mol. The summed E-state index contributed by atoms with van der Waals surface area (Å²) in [6, 6.07) is 4.11. The molecule has 0 bridgehead atoms. The van der Waals surface area contributed by atoms with Crippen molar-refractivity contribution in [1.29, 1.82) is 0 Å². The molecule has 0 radical (unpaired) electrons. The molecule has 0 amide bonds. The first-order chi connectivity index (χ1) is 11.6. The molecule has 1 rings (SSSR count). The maximum Gasteiger partial charge on any atom is 0.193 e. The van der Waals surface area contributed by atoms with E-state index in [9.17, 15) is 0 Å². The lowest BCUT2D eigenvalue weighted by Gasteiger charge is -2.22. The second-order valence-corrected chi connectivity index (χ2v) is 6.15. The number of allylic oxidation sites excluding steroid dienone is 1. The van der Waals surface area contributed by atoms with Crippen LogP contribution >= 0.6 is 24.0 Å². The molecule has 1 aromatic heterocycles. The Hall–Kier alpha value is -1.31. The van der Waals surface area contributed by atoms with Crippen LogP contribution in [0.2, 0.25) is 0 Å². The number of pyridine rings is 1. The number of anilines is 1. The SMILES string of the molecule is C=CCCCCCN(C)C(=NCc1ccnc(N(C)C)c1)NCC.I. The van der Waals surface area contributed by atoms with Gasteiger partial charge in [-0.15, -0.1) is 30.6 Å². The Morgan fingerprint density at radius 3 is 2.68 bits per heavy atom. The van der Waals surface area contributed by atoms with Gasteiger partial charge in [-0.1, -0.05) is 12.5 Å². The zero-order chi connectivity index (χ0) is 17.8. The van der Waals surface area contributed by atoms with E-state index in [0.29, 0.717) is 6.54 Å². The zero-order valence-corrected chi connectivity index (χ0v) is 18.5.